The Hall–Kier alpha value is -0.110. The minimum absolute atomic E-state index is 0.163. The zero-order valence-corrected chi connectivity index (χ0v) is 7.12. The van der Waals surface area contributed by atoms with Crippen molar-refractivity contribution in [2.24, 2.45) is 5.92 Å². The Morgan fingerprint density at radius 3 is 2.33 bits per heavy atom. The summed E-state index contributed by atoms with van der Waals surface area (Å²) in [6, 6.07) is 0. The standard InChI is InChI=1S/C7H14OS/c1-6(7(2)8)5-9(3)4/h6H,3,5H2,1-2,4H3. The molecule has 2 heteroatoms. The van der Waals surface area contributed by atoms with Crippen molar-refractivity contribution >= 4 is 22.1 Å². The molecule has 0 heterocycles. The molecule has 0 bridgehead atoms. The summed E-state index contributed by atoms with van der Waals surface area (Å²) >= 11 is 0. The average molecular weight is 146 g/mol. The van der Waals surface area contributed by atoms with Gasteiger partial charge in [-0.05, 0) is 18.9 Å². The van der Waals surface area contributed by atoms with Crippen LogP contribution in [0.3, 0.4) is 0 Å². The summed E-state index contributed by atoms with van der Waals surface area (Å²) in [5.74, 6) is 5.26. The highest BCUT2D eigenvalue weighted by atomic mass is 32.2. The van der Waals surface area contributed by atoms with Crippen molar-refractivity contribution in [3.05, 3.63) is 0 Å². The Labute approximate surface area is 59.4 Å². The van der Waals surface area contributed by atoms with Crippen LogP contribution in [0.15, 0.2) is 0 Å². The molecule has 0 radical (unpaired) electrons. The fraction of sp³-hybridized carbons (Fsp3) is 0.714. The molecular weight excluding hydrogens is 132 g/mol. The number of hydrogen-bond donors (Lipinski definition) is 0. The van der Waals surface area contributed by atoms with Crippen LogP contribution in [0.1, 0.15) is 13.8 Å². The van der Waals surface area contributed by atoms with Crippen molar-refractivity contribution in [2.75, 3.05) is 12.0 Å². The molecule has 0 saturated carbocycles. The number of rotatable bonds is 3. The van der Waals surface area contributed by atoms with E-state index < -0.39 is 0 Å². The zero-order valence-electron chi connectivity index (χ0n) is 6.31. The molecule has 9 heavy (non-hydrogen) atoms. The first-order valence-electron chi connectivity index (χ1n) is 2.96. The lowest BCUT2D eigenvalue weighted by Gasteiger charge is -2.05. The van der Waals surface area contributed by atoms with Gasteiger partial charge in [-0.2, -0.15) is 10.5 Å². The summed E-state index contributed by atoms with van der Waals surface area (Å²) in [4.78, 5) is 10.7. The first kappa shape index (κ1) is 8.89. The molecule has 1 nitrogen and oxygen atoms in total. The Kier molecular flexibility index (Phi) is 3.78. The largest absolute Gasteiger partial charge is 0.300 e. The number of carbonyl (C=O) groups excluding carboxylic acids is 1. The van der Waals surface area contributed by atoms with Gasteiger partial charge in [-0.25, -0.2) is 0 Å². The van der Waals surface area contributed by atoms with E-state index in [1.165, 1.54) is 0 Å². The van der Waals surface area contributed by atoms with Crippen LogP contribution in [0.5, 0.6) is 0 Å². The smallest absolute Gasteiger partial charge is 0.133 e. The van der Waals surface area contributed by atoms with Crippen LogP contribution in [-0.4, -0.2) is 23.7 Å². The minimum Gasteiger partial charge on any atom is -0.300 e. The molecule has 0 fully saturated rings. The molecule has 0 aliphatic heterocycles. The van der Waals surface area contributed by atoms with Gasteiger partial charge in [0, 0.05) is 5.92 Å². The van der Waals surface area contributed by atoms with Gasteiger partial charge in [0.25, 0.3) is 0 Å². The maximum atomic E-state index is 10.7. The van der Waals surface area contributed by atoms with E-state index in [1.807, 2.05) is 6.92 Å². The van der Waals surface area contributed by atoms with Gasteiger partial charge in [-0.3, -0.25) is 4.79 Å². The van der Waals surface area contributed by atoms with E-state index in [9.17, 15) is 4.79 Å². The summed E-state index contributed by atoms with van der Waals surface area (Å²) < 4.78 is 0. The molecule has 2 atom stereocenters. The van der Waals surface area contributed by atoms with Crippen molar-refractivity contribution in [1.82, 2.24) is 0 Å². The normalized spacial score (nSPS) is 16.8. The summed E-state index contributed by atoms with van der Waals surface area (Å²) in [5, 5.41) is 0. The third-order valence-corrected chi connectivity index (χ3v) is 2.30. The van der Waals surface area contributed by atoms with Crippen molar-refractivity contribution in [2.45, 2.75) is 13.8 Å². The quantitative estimate of drug-likeness (QED) is 0.552. The van der Waals surface area contributed by atoms with Gasteiger partial charge < -0.3 is 0 Å². The molecule has 0 aromatic carbocycles. The lowest BCUT2D eigenvalue weighted by atomic mass is 10.1. The summed E-state index contributed by atoms with van der Waals surface area (Å²) in [7, 11) is 0.163. The highest BCUT2D eigenvalue weighted by Crippen LogP contribution is 2.09. The van der Waals surface area contributed by atoms with Crippen LogP contribution >= 0.6 is 10.5 Å². The maximum Gasteiger partial charge on any atom is 0.133 e. The molecule has 2 unspecified atom stereocenters. The van der Waals surface area contributed by atoms with Gasteiger partial charge in [0.05, 0.1) is 0 Å². The van der Waals surface area contributed by atoms with E-state index in [0.717, 1.165) is 5.75 Å². The van der Waals surface area contributed by atoms with Crippen LogP contribution in [-0.2, 0) is 4.79 Å². The monoisotopic (exact) mass is 146 g/mol. The number of Topliss-reactive ketones (excluding diaryl/α,β-unsaturated/α-hetero) is 1. The van der Waals surface area contributed by atoms with Crippen molar-refractivity contribution in [3.8, 4) is 0 Å². The number of ketones is 1. The fourth-order valence-electron chi connectivity index (χ4n) is 0.544. The SMILES string of the molecule is C=S(C)CC(C)C(C)=O. The van der Waals surface area contributed by atoms with Crippen molar-refractivity contribution in [1.29, 1.82) is 0 Å². The summed E-state index contributed by atoms with van der Waals surface area (Å²) in [6.07, 6.45) is 2.06. The lowest BCUT2D eigenvalue weighted by molar-refractivity contribution is -0.119. The van der Waals surface area contributed by atoms with Crippen molar-refractivity contribution < 1.29 is 4.79 Å². The molecule has 0 N–H and O–H groups in total. The van der Waals surface area contributed by atoms with E-state index in [2.05, 4.69) is 12.1 Å². The van der Waals surface area contributed by atoms with Gasteiger partial charge in [-0.15, -0.1) is 0 Å². The van der Waals surface area contributed by atoms with Gasteiger partial charge in [0.15, 0.2) is 0 Å². The van der Waals surface area contributed by atoms with E-state index >= 15 is 0 Å². The molecule has 0 aromatic rings. The fourth-order valence-corrected chi connectivity index (χ4v) is 1.63. The number of hydrogen-bond acceptors (Lipinski definition) is 1. The van der Waals surface area contributed by atoms with Gasteiger partial charge >= 0.3 is 0 Å². The molecule has 0 aliphatic rings. The Balaban J connectivity index is 3.63. The zero-order chi connectivity index (χ0) is 7.44. The van der Waals surface area contributed by atoms with Gasteiger partial charge in [0.1, 0.15) is 5.78 Å². The topological polar surface area (TPSA) is 17.1 Å². The van der Waals surface area contributed by atoms with E-state index in [-0.39, 0.29) is 22.2 Å². The molecule has 0 saturated heterocycles. The highest BCUT2D eigenvalue weighted by Gasteiger charge is 2.05. The Morgan fingerprint density at radius 1 is 1.78 bits per heavy atom. The van der Waals surface area contributed by atoms with Crippen LogP contribution in [0.4, 0.5) is 0 Å². The maximum absolute atomic E-state index is 10.7. The second-order valence-electron chi connectivity index (χ2n) is 2.46. The molecule has 0 amide bonds. The highest BCUT2D eigenvalue weighted by molar-refractivity contribution is 8.13. The number of carbonyl (C=O) groups is 1. The predicted molar refractivity (Wildman–Crippen MR) is 45.3 cm³/mol. The van der Waals surface area contributed by atoms with Gasteiger partial charge in [-0.1, -0.05) is 12.8 Å². The second kappa shape index (κ2) is 3.83. The van der Waals surface area contributed by atoms with Crippen LogP contribution in [0.25, 0.3) is 0 Å². The third kappa shape index (κ3) is 4.40. The van der Waals surface area contributed by atoms with E-state index in [1.54, 1.807) is 6.92 Å². The third-order valence-electron chi connectivity index (χ3n) is 1.23. The van der Waals surface area contributed by atoms with Crippen LogP contribution in [0.2, 0.25) is 0 Å². The van der Waals surface area contributed by atoms with E-state index in [4.69, 9.17) is 0 Å². The Bertz CT molecular complexity index is 129. The summed E-state index contributed by atoms with van der Waals surface area (Å²) in [5.41, 5.74) is 0. The molecule has 0 spiro atoms. The minimum atomic E-state index is 0.163. The molecular formula is C7H14OS. The second-order valence-corrected chi connectivity index (χ2v) is 4.36. The molecule has 0 aliphatic carbocycles. The molecule has 0 rings (SSSR count). The Morgan fingerprint density at radius 2 is 2.22 bits per heavy atom. The first-order chi connectivity index (χ1) is 4.04. The molecule has 54 valence electrons. The van der Waals surface area contributed by atoms with E-state index in [0.29, 0.717) is 0 Å². The van der Waals surface area contributed by atoms with Crippen LogP contribution < -0.4 is 0 Å². The average Bonchev–Trinajstić information content (AvgIpc) is 1.63. The summed E-state index contributed by atoms with van der Waals surface area (Å²) in [6.45, 7) is 3.59. The lowest BCUT2D eigenvalue weighted by Crippen LogP contribution is -2.09. The predicted octanol–water partition coefficient (Wildman–Crippen LogP) is 1.54. The van der Waals surface area contributed by atoms with Gasteiger partial charge in [0.2, 0.25) is 0 Å². The van der Waals surface area contributed by atoms with Crippen LogP contribution in [0, 0.1) is 5.92 Å². The molecule has 0 aromatic heterocycles. The van der Waals surface area contributed by atoms with Crippen molar-refractivity contribution in [3.63, 3.8) is 0 Å². The first-order valence-corrected chi connectivity index (χ1v) is 4.94.